The zero-order valence-corrected chi connectivity index (χ0v) is 22.4. The molecule has 0 spiro atoms. The molecule has 0 radical (unpaired) electrons. The molecule has 0 bridgehead atoms. The summed E-state index contributed by atoms with van der Waals surface area (Å²) in [4.78, 5) is 29.9. The van der Waals surface area contributed by atoms with Crippen LogP contribution in [-0.4, -0.2) is 34.8 Å². The maximum atomic E-state index is 13.7. The van der Waals surface area contributed by atoms with Crippen molar-refractivity contribution >= 4 is 23.3 Å². The molecule has 1 aliphatic rings. The van der Waals surface area contributed by atoms with Gasteiger partial charge in [0.2, 0.25) is 5.91 Å². The number of anilines is 1. The van der Waals surface area contributed by atoms with Crippen molar-refractivity contribution in [1.29, 1.82) is 0 Å². The molecule has 1 heterocycles. The number of urea groups is 1. The lowest BCUT2D eigenvalue weighted by Gasteiger charge is -2.32. The summed E-state index contributed by atoms with van der Waals surface area (Å²) in [5, 5.41) is 2.91. The largest absolute Gasteiger partial charge is 0.416 e. The SMILES string of the molecule is O=C(Nc1ccccc1-c1ccccc1)N1CC/C=C(/c2cccc(C(F)(F)F)c2)N(Cc2ccc(F)cc2)C(=O)C1. The molecule has 5 nitrogen and oxygen atoms in total. The van der Waals surface area contributed by atoms with Crippen molar-refractivity contribution in [3.05, 3.63) is 132 Å². The number of halogens is 4. The van der Waals surface area contributed by atoms with Gasteiger partial charge in [-0.15, -0.1) is 0 Å². The average molecular weight is 574 g/mol. The first kappa shape index (κ1) is 28.6. The summed E-state index contributed by atoms with van der Waals surface area (Å²) in [6, 6.07) is 26.7. The van der Waals surface area contributed by atoms with E-state index < -0.39 is 29.5 Å². The first-order valence-corrected chi connectivity index (χ1v) is 13.3. The maximum absolute atomic E-state index is 13.7. The van der Waals surface area contributed by atoms with Crippen molar-refractivity contribution < 1.29 is 27.2 Å². The van der Waals surface area contributed by atoms with Gasteiger partial charge in [-0.2, -0.15) is 13.2 Å². The Bertz CT molecular complexity index is 1600. The zero-order chi connectivity index (χ0) is 29.7. The molecule has 1 N–H and O–H groups in total. The molecule has 0 saturated heterocycles. The third kappa shape index (κ3) is 6.68. The normalized spacial score (nSPS) is 15.4. The molecular weight excluding hydrogens is 546 g/mol. The number of amides is 3. The molecule has 9 heteroatoms. The fourth-order valence-electron chi connectivity index (χ4n) is 4.83. The highest BCUT2D eigenvalue weighted by Crippen LogP contribution is 2.33. The maximum Gasteiger partial charge on any atom is 0.416 e. The fourth-order valence-corrected chi connectivity index (χ4v) is 4.83. The Morgan fingerprint density at radius 3 is 2.26 bits per heavy atom. The van der Waals surface area contributed by atoms with Gasteiger partial charge in [0.1, 0.15) is 12.4 Å². The van der Waals surface area contributed by atoms with Crippen LogP contribution in [0.1, 0.15) is 23.1 Å². The van der Waals surface area contributed by atoms with E-state index in [1.807, 2.05) is 42.5 Å². The number of carbonyl (C=O) groups is 2. The number of nitrogens with one attached hydrogen (secondary N) is 1. The van der Waals surface area contributed by atoms with Gasteiger partial charge in [0.15, 0.2) is 0 Å². The summed E-state index contributed by atoms with van der Waals surface area (Å²) in [5.41, 5.74) is 2.56. The molecule has 5 rings (SSSR count). The van der Waals surface area contributed by atoms with Gasteiger partial charge in [-0.1, -0.05) is 78.9 Å². The molecule has 0 aromatic heterocycles. The van der Waals surface area contributed by atoms with Gasteiger partial charge in [0, 0.05) is 17.8 Å². The molecule has 4 aromatic rings. The molecule has 0 saturated carbocycles. The molecule has 4 aromatic carbocycles. The van der Waals surface area contributed by atoms with Crippen LogP contribution in [0.15, 0.2) is 109 Å². The Balaban J connectivity index is 1.44. The number of nitrogens with zero attached hydrogens (tertiary/aromatic N) is 2. The van der Waals surface area contributed by atoms with E-state index in [1.54, 1.807) is 18.2 Å². The molecule has 3 amide bonds. The van der Waals surface area contributed by atoms with Crippen LogP contribution in [0.2, 0.25) is 0 Å². The Morgan fingerprint density at radius 2 is 1.52 bits per heavy atom. The quantitative estimate of drug-likeness (QED) is 0.248. The first-order valence-electron chi connectivity index (χ1n) is 13.3. The van der Waals surface area contributed by atoms with E-state index in [0.29, 0.717) is 16.9 Å². The van der Waals surface area contributed by atoms with Gasteiger partial charge in [0.05, 0.1) is 17.8 Å². The second-order valence-corrected chi connectivity index (χ2v) is 9.83. The van der Waals surface area contributed by atoms with Crippen LogP contribution in [0.5, 0.6) is 0 Å². The highest BCUT2D eigenvalue weighted by atomic mass is 19.4. The second kappa shape index (κ2) is 12.3. The standard InChI is InChI=1S/C33H27F4N3O2/c34-27-17-15-23(16-18-27)21-40-30(25-10-6-11-26(20-25)33(35,36)37)14-7-19-39(22-31(40)41)32(42)38-29-13-5-4-12-28(29)24-8-2-1-3-9-24/h1-6,8-18,20H,7,19,21-22H2,(H,38,42)/b30-14-. The third-order valence-electron chi connectivity index (χ3n) is 6.93. The number of para-hydroxylation sites is 1. The second-order valence-electron chi connectivity index (χ2n) is 9.83. The van der Waals surface area contributed by atoms with Crippen molar-refractivity contribution in [2.75, 3.05) is 18.4 Å². The Morgan fingerprint density at radius 1 is 0.833 bits per heavy atom. The topological polar surface area (TPSA) is 52.7 Å². The molecule has 42 heavy (non-hydrogen) atoms. The Kier molecular flexibility index (Phi) is 8.38. The van der Waals surface area contributed by atoms with E-state index in [9.17, 15) is 27.2 Å². The van der Waals surface area contributed by atoms with Gasteiger partial charge < -0.3 is 15.1 Å². The number of hydrogen-bond donors (Lipinski definition) is 1. The smallest absolute Gasteiger partial charge is 0.315 e. The number of hydrogen-bond acceptors (Lipinski definition) is 2. The molecule has 1 aliphatic heterocycles. The van der Waals surface area contributed by atoms with Gasteiger partial charge in [0.25, 0.3) is 0 Å². The van der Waals surface area contributed by atoms with Gasteiger partial charge >= 0.3 is 12.2 Å². The average Bonchev–Trinajstić information content (AvgIpc) is 2.98. The van der Waals surface area contributed by atoms with Crippen molar-refractivity contribution in [3.8, 4) is 11.1 Å². The number of rotatable bonds is 5. The molecule has 214 valence electrons. The van der Waals surface area contributed by atoms with Crippen LogP contribution >= 0.6 is 0 Å². The van der Waals surface area contributed by atoms with Crippen molar-refractivity contribution in [1.82, 2.24) is 9.80 Å². The minimum atomic E-state index is -4.56. The predicted molar refractivity (Wildman–Crippen MR) is 153 cm³/mol. The highest BCUT2D eigenvalue weighted by molar-refractivity contribution is 5.97. The van der Waals surface area contributed by atoms with Crippen molar-refractivity contribution in [2.45, 2.75) is 19.1 Å². The minimum Gasteiger partial charge on any atom is -0.315 e. The number of carbonyl (C=O) groups excluding carboxylic acids is 2. The van der Waals surface area contributed by atoms with E-state index in [-0.39, 0.29) is 31.6 Å². The summed E-state index contributed by atoms with van der Waals surface area (Å²) in [6.07, 6.45) is -2.62. The first-order chi connectivity index (χ1) is 20.2. The van der Waals surface area contributed by atoms with Crippen LogP contribution in [-0.2, 0) is 17.5 Å². The van der Waals surface area contributed by atoms with Gasteiger partial charge in [-0.25, -0.2) is 9.18 Å². The van der Waals surface area contributed by atoms with Crippen LogP contribution < -0.4 is 5.32 Å². The van der Waals surface area contributed by atoms with Crippen LogP contribution in [0.4, 0.5) is 28.0 Å². The predicted octanol–water partition coefficient (Wildman–Crippen LogP) is 7.82. The summed E-state index contributed by atoms with van der Waals surface area (Å²) < 4.78 is 54.1. The minimum absolute atomic E-state index is 0.0203. The van der Waals surface area contributed by atoms with Crippen molar-refractivity contribution in [2.24, 2.45) is 0 Å². The fraction of sp³-hybridized carbons (Fsp3) is 0.152. The van der Waals surface area contributed by atoms with E-state index in [0.717, 1.165) is 23.3 Å². The molecule has 0 unspecified atom stereocenters. The summed E-state index contributed by atoms with van der Waals surface area (Å²) in [5.74, 6) is -0.945. The van der Waals surface area contributed by atoms with E-state index >= 15 is 0 Å². The lowest BCUT2D eigenvalue weighted by Crippen LogP contribution is -2.45. The molecular formula is C33H27F4N3O2. The van der Waals surface area contributed by atoms with Crippen LogP contribution in [0.3, 0.4) is 0 Å². The Labute approximate surface area is 240 Å². The van der Waals surface area contributed by atoms with Crippen LogP contribution in [0, 0.1) is 5.82 Å². The van der Waals surface area contributed by atoms with E-state index in [4.69, 9.17) is 0 Å². The Hall–Kier alpha value is -4.92. The summed E-state index contributed by atoms with van der Waals surface area (Å²) >= 11 is 0. The van der Waals surface area contributed by atoms with E-state index in [2.05, 4.69) is 5.32 Å². The lowest BCUT2D eigenvalue weighted by atomic mass is 10.0. The molecule has 0 fully saturated rings. The number of benzene rings is 4. The molecule has 0 atom stereocenters. The summed E-state index contributed by atoms with van der Waals surface area (Å²) in [7, 11) is 0. The summed E-state index contributed by atoms with van der Waals surface area (Å²) in [6.45, 7) is -0.164. The zero-order valence-electron chi connectivity index (χ0n) is 22.4. The lowest BCUT2D eigenvalue weighted by molar-refractivity contribution is -0.137. The van der Waals surface area contributed by atoms with Gasteiger partial charge in [-0.05, 0) is 53.4 Å². The molecule has 0 aliphatic carbocycles. The monoisotopic (exact) mass is 573 g/mol. The highest BCUT2D eigenvalue weighted by Gasteiger charge is 2.32. The van der Waals surface area contributed by atoms with Gasteiger partial charge in [-0.3, -0.25) is 4.79 Å². The third-order valence-corrected chi connectivity index (χ3v) is 6.93. The number of alkyl halides is 3. The van der Waals surface area contributed by atoms with E-state index in [1.165, 1.54) is 46.2 Å². The van der Waals surface area contributed by atoms with Crippen molar-refractivity contribution in [3.63, 3.8) is 0 Å². The van der Waals surface area contributed by atoms with Crippen LogP contribution in [0.25, 0.3) is 16.8 Å².